The van der Waals surface area contributed by atoms with E-state index in [-0.39, 0.29) is 28.6 Å². The van der Waals surface area contributed by atoms with E-state index in [2.05, 4.69) is 15.3 Å². The molecule has 1 atom stereocenters. The van der Waals surface area contributed by atoms with Crippen LogP contribution in [0.25, 0.3) is 0 Å². The van der Waals surface area contributed by atoms with Crippen LogP contribution in [-0.2, 0) is 16.0 Å². The Morgan fingerprint density at radius 2 is 2.00 bits per heavy atom. The minimum Gasteiger partial charge on any atom is -0.465 e. The molecule has 0 fully saturated rings. The van der Waals surface area contributed by atoms with Crippen LogP contribution >= 0.6 is 23.2 Å². The second kappa shape index (κ2) is 8.75. The first-order chi connectivity index (χ1) is 11.9. The van der Waals surface area contributed by atoms with Crippen LogP contribution in [0.2, 0.25) is 10.0 Å². The van der Waals surface area contributed by atoms with E-state index in [0.29, 0.717) is 11.4 Å². The maximum absolute atomic E-state index is 12.5. The highest BCUT2D eigenvalue weighted by Crippen LogP contribution is 2.24. The molecule has 2 aromatic heterocycles. The quantitative estimate of drug-likeness (QED) is 0.742. The summed E-state index contributed by atoms with van der Waals surface area (Å²) in [4.78, 5) is 32.1. The third-order valence-electron chi connectivity index (χ3n) is 3.22. The van der Waals surface area contributed by atoms with Crippen LogP contribution in [0.5, 0.6) is 0 Å². The SMILES string of the molecule is CCOC(=O)[C@@H](N)Cc1ncccc1NC(=O)c1c(Cl)cncc1Cl. The Labute approximate surface area is 154 Å². The Morgan fingerprint density at radius 1 is 1.32 bits per heavy atom. The fraction of sp³-hybridized carbons (Fsp3) is 0.250. The number of anilines is 1. The van der Waals surface area contributed by atoms with E-state index in [4.69, 9.17) is 33.7 Å². The van der Waals surface area contributed by atoms with Gasteiger partial charge in [0.2, 0.25) is 0 Å². The number of hydrogen-bond acceptors (Lipinski definition) is 6. The molecular weight excluding hydrogens is 367 g/mol. The van der Waals surface area contributed by atoms with Crippen molar-refractivity contribution in [3.05, 3.63) is 52.0 Å². The van der Waals surface area contributed by atoms with Crippen molar-refractivity contribution in [3.63, 3.8) is 0 Å². The summed E-state index contributed by atoms with van der Waals surface area (Å²) in [7, 11) is 0. The highest BCUT2D eigenvalue weighted by molar-refractivity contribution is 6.40. The maximum Gasteiger partial charge on any atom is 0.323 e. The van der Waals surface area contributed by atoms with Crippen LogP contribution in [0, 0.1) is 0 Å². The number of amides is 1. The van der Waals surface area contributed by atoms with Crippen LogP contribution in [0.3, 0.4) is 0 Å². The van der Waals surface area contributed by atoms with Crippen molar-refractivity contribution in [1.29, 1.82) is 0 Å². The van der Waals surface area contributed by atoms with Crippen LogP contribution in [0.4, 0.5) is 5.69 Å². The van der Waals surface area contributed by atoms with Crippen LogP contribution in [-0.4, -0.2) is 34.5 Å². The fourth-order valence-electron chi connectivity index (χ4n) is 2.07. The molecule has 0 radical (unpaired) electrons. The average molecular weight is 383 g/mol. The van der Waals surface area contributed by atoms with Crippen molar-refractivity contribution in [2.45, 2.75) is 19.4 Å². The van der Waals surface area contributed by atoms with Gasteiger partial charge in [0, 0.05) is 25.0 Å². The number of nitrogens with one attached hydrogen (secondary N) is 1. The molecule has 25 heavy (non-hydrogen) atoms. The van der Waals surface area contributed by atoms with Gasteiger partial charge in [0.1, 0.15) is 6.04 Å². The van der Waals surface area contributed by atoms with Gasteiger partial charge in [0.05, 0.1) is 33.6 Å². The van der Waals surface area contributed by atoms with Crippen molar-refractivity contribution < 1.29 is 14.3 Å². The number of nitrogens with two attached hydrogens (primary N) is 1. The molecule has 2 heterocycles. The molecule has 0 bridgehead atoms. The predicted molar refractivity (Wildman–Crippen MR) is 94.8 cm³/mol. The highest BCUT2D eigenvalue weighted by Gasteiger charge is 2.20. The standard InChI is InChI=1S/C16H16Cl2N4O3/c1-2-25-16(24)11(19)6-13-12(4-3-5-21-13)22-15(23)14-9(17)7-20-8-10(14)18/h3-5,7-8,11H,2,6,19H2,1H3,(H,22,23)/t11-/m0/s1. The summed E-state index contributed by atoms with van der Waals surface area (Å²) in [6.07, 6.45) is 4.29. The average Bonchev–Trinajstić information content (AvgIpc) is 2.56. The molecule has 7 nitrogen and oxygen atoms in total. The third kappa shape index (κ3) is 4.88. The largest absolute Gasteiger partial charge is 0.465 e. The van der Waals surface area contributed by atoms with E-state index in [0.717, 1.165) is 0 Å². The molecule has 2 rings (SSSR count). The summed E-state index contributed by atoms with van der Waals surface area (Å²) in [5.74, 6) is -1.05. The minimum atomic E-state index is -0.890. The Kier molecular flexibility index (Phi) is 6.69. The molecule has 0 aliphatic heterocycles. The molecule has 0 saturated heterocycles. The number of carbonyl (C=O) groups is 2. The van der Waals surface area contributed by atoms with Gasteiger partial charge in [-0.1, -0.05) is 23.2 Å². The number of esters is 1. The minimum absolute atomic E-state index is 0.0998. The number of carbonyl (C=O) groups excluding carboxylic acids is 2. The lowest BCUT2D eigenvalue weighted by molar-refractivity contribution is -0.144. The maximum atomic E-state index is 12.5. The smallest absolute Gasteiger partial charge is 0.323 e. The summed E-state index contributed by atoms with van der Waals surface area (Å²) in [6, 6.07) is 2.39. The molecule has 0 aliphatic carbocycles. The monoisotopic (exact) mass is 382 g/mol. The Morgan fingerprint density at radius 3 is 2.64 bits per heavy atom. The summed E-state index contributed by atoms with van der Waals surface area (Å²) < 4.78 is 4.88. The lowest BCUT2D eigenvalue weighted by Crippen LogP contribution is -2.35. The van der Waals surface area contributed by atoms with Crippen molar-refractivity contribution >= 4 is 40.8 Å². The lowest BCUT2D eigenvalue weighted by atomic mass is 10.1. The van der Waals surface area contributed by atoms with E-state index in [1.54, 1.807) is 19.1 Å². The van der Waals surface area contributed by atoms with Gasteiger partial charge in [-0.3, -0.25) is 19.6 Å². The molecule has 9 heteroatoms. The molecular formula is C16H16Cl2N4O3. The summed E-state index contributed by atoms with van der Waals surface area (Å²) in [6.45, 7) is 1.93. The summed E-state index contributed by atoms with van der Waals surface area (Å²) in [5.41, 5.74) is 6.76. The molecule has 132 valence electrons. The number of nitrogens with zero attached hydrogens (tertiary/aromatic N) is 2. The van der Waals surface area contributed by atoms with Gasteiger partial charge in [0.15, 0.2) is 0 Å². The van der Waals surface area contributed by atoms with Crippen LogP contribution in [0.1, 0.15) is 23.0 Å². The zero-order valence-electron chi connectivity index (χ0n) is 13.3. The third-order valence-corrected chi connectivity index (χ3v) is 3.79. The predicted octanol–water partition coefficient (Wildman–Crippen LogP) is 2.47. The summed E-state index contributed by atoms with van der Waals surface area (Å²) in [5, 5.41) is 2.93. The lowest BCUT2D eigenvalue weighted by Gasteiger charge is -2.14. The van der Waals surface area contributed by atoms with Crippen molar-refractivity contribution in [2.75, 3.05) is 11.9 Å². The summed E-state index contributed by atoms with van der Waals surface area (Å²) >= 11 is 12.0. The number of pyridine rings is 2. The molecule has 1 amide bonds. The Hall–Kier alpha value is -2.22. The molecule has 0 aliphatic rings. The fourth-order valence-corrected chi connectivity index (χ4v) is 2.60. The number of ether oxygens (including phenoxy) is 1. The number of rotatable bonds is 6. The topological polar surface area (TPSA) is 107 Å². The van der Waals surface area contributed by atoms with Crippen molar-refractivity contribution in [3.8, 4) is 0 Å². The zero-order chi connectivity index (χ0) is 18.4. The molecule has 0 aromatic carbocycles. The molecule has 3 N–H and O–H groups in total. The number of aromatic nitrogens is 2. The molecule has 0 spiro atoms. The van der Waals surface area contributed by atoms with E-state index in [1.807, 2.05) is 0 Å². The zero-order valence-corrected chi connectivity index (χ0v) is 14.8. The van der Waals surface area contributed by atoms with E-state index < -0.39 is 17.9 Å². The van der Waals surface area contributed by atoms with Gasteiger partial charge in [-0.05, 0) is 19.1 Å². The van der Waals surface area contributed by atoms with Crippen molar-refractivity contribution in [2.24, 2.45) is 5.73 Å². The number of halogens is 2. The van der Waals surface area contributed by atoms with E-state index >= 15 is 0 Å². The second-order valence-electron chi connectivity index (χ2n) is 4.99. The van der Waals surface area contributed by atoms with Gasteiger partial charge >= 0.3 is 5.97 Å². The van der Waals surface area contributed by atoms with Crippen LogP contribution < -0.4 is 11.1 Å². The van der Waals surface area contributed by atoms with Gasteiger partial charge < -0.3 is 15.8 Å². The molecule has 0 saturated carbocycles. The molecule has 0 unspecified atom stereocenters. The number of hydrogen-bond donors (Lipinski definition) is 2. The van der Waals surface area contributed by atoms with Gasteiger partial charge in [-0.25, -0.2) is 0 Å². The van der Waals surface area contributed by atoms with E-state index in [1.165, 1.54) is 18.6 Å². The first-order valence-corrected chi connectivity index (χ1v) is 8.16. The molecule has 2 aromatic rings. The first kappa shape index (κ1) is 19.1. The van der Waals surface area contributed by atoms with Gasteiger partial charge in [-0.2, -0.15) is 0 Å². The normalized spacial score (nSPS) is 11.7. The van der Waals surface area contributed by atoms with Crippen molar-refractivity contribution in [1.82, 2.24) is 9.97 Å². The van der Waals surface area contributed by atoms with Gasteiger partial charge in [-0.15, -0.1) is 0 Å². The highest BCUT2D eigenvalue weighted by atomic mass is 35.5. The van der Waals surface area contributed by atoms with Crippen LogP contribution in [0.15, 0.2) is 30.7 Å². The Bertz CT molecular complexity index is 765. The Balaban J connectivity index is 2.21. The first-order valence-electron chi connectivity index (χ1n) is 7.40. The van der Waals surface area contributed by atoms with E-state index in [9.17, 15) is 9.59 Å². The van der Waals surface area contributed by atoms with Gasteiger partial charge in [0.25, 0.3) is 5.91 Å². The second-order valence-corrected chi connectivity index (χ2v) is 5.81.